The molecule has 0 aromatic heterocycles. The lowest BCUT2D eigenvalue weighted by molar-refractivity contribution is -0.115. The van der Waals surface area contributed by atoms with Gasteiger partial charge in [-0.2, -0.15) is 0 Å². The highest BCUT2D eigenvalue weighted by atomic mass is 16.2. The molecule has 1 saturated carbocycles. The fraction of sp³-hybridized carbons (Fsp3) is 0.846. The van der Waals surface area contributed by atoms with E-state index in [1.807, 2.05) is 0 Å². The van der Waals surface area contributed by atoms with Crippen LogP contribution in [-0.4, -0.2) is 30.9 Å². The quantitative estimate of drug-likeness (QED) is 0.717. The zero-order chi connectivity index (χ0) is 11.9. The molecule has 0 spiro atoms. The largest absolute Gasteiger partial charge is 0.366 e. The molecule has 2 N–H and O–H groups in total. The number of hydrogen-bond donors (Lipinski definition) is 2. The van der Waals surface area contributed by atoms with Gasteiger partial charge >= 0.3 is 0 Å². The van der Waals surface area contributed by atoms with Gasteiger partial charge in [-0.05, 0) is 25.7 Å². The first-order chi connectivity index (χ1) is 8.36. The Morgan fingerprint density at radius 3 is 2.65 bits per heavy atom. The van der Waals surface area contributed by atoms with Crippen LogP contribution in [0, 0.1) is 0 Å². The Bertz CT molecular complexity index is 280. The third-order valence-corrected chi connectivity index (χ3v) is 3.55. The average Bonchev–Trinajstić information content (AvgIpc) is 2.72. The summed E-state index contributed by atoms with van der Waals surface area (Å²) in [5.41, 5.74) is 0. The Hall–Kier alpha value is -1.06. The lowest BCUT2D eigenvalue weighted by atomic mass is 10.1. The minimum atomic E-state index is -0.00111. The molecule has 0 aromatic rings. The highest BCUT2D eigenvalue weighted by Gasteiger charge is 2.18. The van der Waals surface area contributed by atoms with Crippen molar-refractivity contribution in [2.75, 3.05) is 13.1 Å². The molecular formula is C13H23N3O. The summed E-state index contributed by atoms with van der Waals surface area (Å²) in [7, 11) is 0. The van der Waals surface area contributed by atoms with Gasteiger partial charge in [-0.25, -0.2) is 0 Å². The summed E-state index contributed by atoms with van der Waals surface area (Å²) in [6.07, 6.45) is 9.53. The number of aliphatic imine (C=N–C) groups is 1. The molecular weight excluding hydrogens is 214 g/mol. The van der Waals surface area contributed by atoms with Crippen LogP contribution < -0.4 is 10.6 Å². The molecule has 1 heterocycles. The summed E-state index contributed by atoms with van der Waals surface area (Å²) < 4.78 is 0. The van der Waals surface area contributed by atoms with Crippen LogP contribution in [-0.2, 0) is 4.79 Å². The van der Waals surface area contributed by atoms with E-state index in [-0.39, 0.29) is 5.91 Å². The summed E-state index contributed by atoms with van der Waals surface area (Å²) in [5, 5.41) is 6.25. The first-order valence-electron chi connectivity index (χ1n) is 6.95. The van der Waals surface area contributed by atoms with Gasteiger partial charge in [0, 0.05) is 19.1 Å². The number of hydrogen-bond acceptors (Lipinski definition) is 3. The van der Waals surface area contributed by atoms with Crippen molar-refractivity contribution in [2.45, 2.75) is 57.4 Å². The number of nitrogens with one attached hydrogen (secondary N) is 2. The fourth-order valence-corrected chi connectivity index (χ4v) is 2.52. The van der Waals surface area contributed by atoms with Gasteiger partial charge in [-0.15, -0.1) is 0 Å². The molecule has 0 bridgehead atoms. The van der Waals surface area contributed by atoms with Crippen LogP contribution in [0.1, 0.15) is 51.4 Å². The maximum atomic E-state index is 12.0. The molecule has 96 valence electrons. The van der Waals surface area contributed by atoms with Crippen molar-refractivity contribution in [3.63, 3.8) is 0 Å². The van der Waals surface area contributed by atoms with Gasteiger partial charge in [0.15, 0.2) is 5.84 Å². The number of amides is 1. The highest BCUT2D eigenvalue weighted by Crippen LogP contribution is 2.17. The summed E-state index contributed by atoms with van der Waals surface area (Å²) in [5.74, 6) is 0.547. The molecule has 0 aromatic carbocycles. The first-order valence-corrected chi connectivity index (χ1v) is 6.95. The third-order valence-electron chi connectivity index (χ3n) is 3.55. The summed E-state index contributed by atoms with van der Waals surface area (Å²) in [6.45, 7) is 1.65. The van der Waals surface area contributed by atoms with Gasteiger partial charge in [0.05, 0.1) is 0 Å². The van der Waals surface area contributed by atoms with Crippen LogP contribution in [0.3, 0.4) is 0 Å². The highest BCUT2D eigenvalue weighted by molar-refractivity contribution is 6.37. The molecule has 0 radical (unpaired) electrons. The van der Waals surface area contributed by atoms with E-state index in [9.17, 15) is 4.79 Å². The van der Waals surface area contributed by atoms with Crippen LogP contribution in [0.2, 0.25) is 0 Å². The molecule has 0 unspecified atom stereocenters. The number of carbonyl (C=O) groups excluding carboxylic acids is 1. The van der Waals surface area contributed by atoms with E-state index in [1.165, 1.54) is 25.7 Å². The molecule has 1 amide bonds. The van der Waals surface area contributed by atoms with Crippen LogP contribution in [0.5, 0.6) is 0 Å². The molecule has 0 atom stereocenters. The van der Waals surface area contributed by atoms with Crippen LogP contribution in [0.4, 0.5) is 0 Å². The standard InChI is InChI=1S/C13H23N3O/c17-13(12-14-9-5-6-10-15-12)16-11-7-3-1-2-4-8-11/h11H,1-10H2,(H,14,15)(H,16,17). The zero-order valence-corrected chi connectivity index (χ0v) is 10.5. The lowest BCUT2D eigenvalue weighted by Crippen LogP contribution is -2.44. The van der Waals surface area contributed by atoms with Crippen LogP contribution in [0.15, 0.2) is 4.99 Å². The zero-order valence-electron chi connectivity index (χ0n) is 10.5. The van der Waals surface area contributed by atoms with Crippen LogP contribution in [0.25, 0.3) is 0 Å². The first kappa shape index (κ1) is 12.4. The van der Waals surface area contributed by atoms with Gasteiger partial charge in [-0.3, -0.25) is 9.79 Å². The second-order valence-electron chi connectivity index (χ2n) is 5.03. The predicted octanol–water partition coefficient (Wildman–Crippen LogP) is 1.61. The summed E-state index contributed by atoms with van der Waals surface area (Å²) in [6, 6.07) is 0.359. The van der Waals surface area contributed by atoms with Crippen LogP contribution >= 0.6 is 0 Å². The Morgan fingerprint density at radius 1 is 1.12 bits per heavy atom. The van der Waals surface area contributed by atoms with Gasteiger partial charge in [0.2, 0.25) is 0 Å². The number of rotatable bonds is 2. The predicted molar refractivity (Wildman–Crippen MR) is 69.2 cm³/mol. The second-order valence-corrected chi connectivity index (χ2v) is 5.03. The second kappa shape index (κ2) is 6.62. The van der Waals surface area contributed by atoms with E-state index in [2.05, 4.69) is 15.6 Å². The molecule has 2 aliphatic rings. The number of amidine groups is 1. The van der Waals surface area contributed by atoms with Crippen molar-refractivity contribution in [3.8, 4) is 0 Å². The Morgan fingerprint density at radius 2 is 1.88 bits per heavy atom. The van der Waals surface area contributed by atoms with Gasteiger partial charge in [0.25, 0.3) is 5.91 Å². The monoisotopic (exact) mass is 237 g/mol. The lowest BCUT2D eigenvalue weighted by Gasteiger charge is -2.17. The van der Waals surface area contributed by atoms with E-state index in [0.717, 1.165) is 38.8 Å². The Labute approximate surface area is 103 Å². The van der Waals surface area contributed by atoms with E-state index in [4.69, 9.17) is 0 Å². The van der Waals surface area contributed by atoms with Crippen molar-refractivity contribution < 1.29 is 4.79 Å². The molecule has 1 aliphatic heterocycles. The molecule has 0 saturated heterocycles. The van der Waals surface area contributed by atoms with E-state index < -0.39 is 0 Å². The normalized spacial score (nSPS) is 22.9. The van der Waals surface area contributed by atoms with Gasteiger partial charge in [-0.1, -0.05) is 25.7 Å². The maximum absolute atomic E-state index is 12.0. The summed E-state index contributed by atoms with van der Waals surface area (Å²) >= 11 is 0. The SMILES string of the molecule is O=C(NC1CCCCCC1)C1=NCCCCN1. The molecule has 1 aliphatic carbocycles. The van der Waals surface area contributed by atoms with E-state index in [0.29, 0.717) is 11.9 Å². The molecule has 2 rings (SSSR count). The fourth-order valence-electron chi connectivity index (χ4n) is 2.52. The topological polar surface area (TPSA) is 53.5 Å². The van der Waals surface area contributed by atoms with Crippen molar-refractivity contribution in [1.82, 2.24) is 10.6 Å². The minimum Gasteiger partial charge on any atom is -0.366 e. The van der Waals surface area contributed by atoms with Crippen molar-refractivity contribution >= 4 is 11.7 Å². The van der Waals surface area contributed by atoms with E-state index >= 15 is 0 Å². The third kappa shape index (κ3) is 4.02. The Kier molecular flexibility index (Phi) is 4.83. The van der Waals surface area contributed by atoms with Crippen molar-refractivity contribution in [1.29, 1.82) is 0 Å². The maximum Gasteiger partial charge on any atom is 0.286 e. The van der Waals surface area contributed by atoms with Crippen molar-refractivity contribution in [3.05, 3.63) is 0 Å². The smallest absolute Gasteiger partial charge is 0.286 e. The molecule has 4 nitrogen and oxygen atoms in total. The minimum absolute atomic E-state index is 0.00111. The average molecular weight is 237 g/mol. The Balaban J connectivity index is 1.84. The van der Waals surface area contributed by atoms with Gasteiger partial charge < -0.3 is 10.6 Å². The molecule has 1 fully saturated rings. The summed E-state index contributed by atoms with van der Waals surface area (Å²) in [4.78, 5) is 16.3. The van der Waals surface area contributed by atoms with Gasteiger partial charge in [0.1, 0.15) is 0 Å². The molecule has 4 heteroatoms. The number of nitrogens with zero attached hydrogens (tertiary/aromatic N) is 1. The van der Waals surface area contributed by atoms with Crippen molar-refractivity contribution in [2.24, 2.45) is 4.99 Å². The number of carbonyl (C=O) groups is 1. The molecule has 17 heavy (non-hydrogen) atoms. The van der Waals surface area contributed by atoms with E-state index in [1.54, 1.807) is 0 Å².